The molecule has 130 valence electrons. The number of anilines is 1. The van der Waals surface area contributed by atoms with Gasteiger partial charge in [-0.25, -0.2) is 14.4 Å². The number of methoxy groups -OCH3 is 1. The van der Waals surface area contributed by atoms with Crippen LogP contribution in [0.5, 0.6) is 5.75 Å². The minimum absolute atomic E-state index is 0.178. The molecule has 0 unspecified atom stereocenters. The van der Waals surface area contributed by atoms with Crippen molar-refractivity contribution in [3.8, 4) is 17.1 Å². The molecule has 4 aromatic rings. The lowest BCUT2D eigenvalue weighted by atomic mass is 10.2. The number of nitrogens with zero attached hydrogens (tertiary/aromatic N) is 3. The maximum Gasteiger partial charge on any atom is 0.175 e. The number of hydrogen-bond donors (Lipinski definition) is 2. The van der Waals surface area contributed by atoms with E-state index in [1.54, 1.807) is 42.9 Å². The highest BCUT2D eigenvalue weighted by molar-refractivity contribution is 5.88. The van der Waals surface area contributed by atoms with E-state index in [2.05, 4.69) is 25.3 Å². The number of ether oxygens (including phenoxy) is 1. The first-order valence-corrected chi connectivity index (χ1v) is 8.06. The molecule has 0 amide bonds. The first kappa shape index (κ1) is 16.0. The Kier molecular flexibility index (Phi) is 4.18. The van der Waals surface area contributed by atoms with E-state index in [-0.39, 0.29) is 5.75 Å². The fourth-order valence-corrected chi connectivity index (χ4v) is 2.73. The van der Waals surface area contributed by atoms with Gasteiger partial charge in [-0.2, -0.15) is 0 Å². The predicted molar refractivity (Wildman–Crippen MR) is 97.4 cm³/mol. The molecule has 26 heavy (non-hydrogen) atoms. The van der Waals surface area contributed by atoms with Crippen LogP contribution in [0.4, 0.5) is 10.2 Å². The second kappa shape index (κ2) is 6.79. The van der Waals surface area contributed by atoms with E-state index < -0.39 is 5.82 Å². The van der Waals surface area contributed by atoms with Gasteiger partial charge in [-0.1, -0.05) is 6.07 Å². The molecule has 3 aromatic heterocycles. The average molecular weight is 349 g/mol. The first-order valence-electron chi connectivity index (χ1n) is 8.06. The summed E-state index contributed by atoms with van der Waals surface area (Å²) < 4.78 is 19.6. The predicted octanol–water partition coefficient (Wildman–Crippen LogP) is 3.78. The molecule has 0 saturated heterocycles. The SMILES string of the molecule is COc1cccc(-c2nc3ccnc(NCc4ccncc4)c3[nH]2)c1F. The molecule has 0 fully saturated rings. The number of hydrogen-bond acceptors (Lipinski definition) is 5. The monoisotopic (exact) mass is 349 g/mol. The van der Waals surface area contributed by atoms with Gasteiger partial charge < -0.3 is 15.0 Å². The van der Waals surface area contributed by atoms with Gasteiger partial charge in [0, 0.05) is 25.1 Å². The summed E-state index contributed by atoms with van der Waals surface area (Å²) in [6, 6.07) is 10.6. The third-order valence-corrected chi connectivity index (χ3v) is 4.05. The van der Waals surface area contributed by atoms with Crippen LogP contribution in [0.25, 0.3) is 22.4 Å². The van der Waals surface area contributed by atoms with Crippen LogP contribution < -0.4 is 10.1 Å². The fraction of sp³-hybridized carbons (Fsp3) is 0.105. The Morgan fingerprint density at radius 3 is 2.77 bits per heavy atom. The zero-order valence-electron chi connectivity index (χ0n) is 14.0. The van der Waals surface area contributed by atoms with Crippen LogP contribution in [-0.4, -0.2) is 27.0 Å². The highest BCUT2D eigenvalue weighted by Gasteiger charge is 2.15. The van der Waals surface area contributed by atoms with Gasteiger partial charge in [-0.05, 0) is 35.9 Å². The molecule has 4 rings (SSSR count). The Morgan fingerprint density at radius 1 is 1.12 bits per heavy atom. The van der Waals surface area contributed by atoms with E-state index in [1.807, 2.05) is 12.1 Å². The summed E-state index contributed by atoms with van der Waals surface area (Å²) in [6.07, 6.45) is 5.15. The largest absolute Gasteiger partial charge is 0.494 e. The van der Waals surface area contributed by atoms with Crippen molar-refractivity contribution in [1.29, 1.82) is 0 Å². The van der Waals surface area contributed by atoms with Crippen LogP contribution in [0.2, 0.25) is 0 Å². The number of pyridine rings is 2. The number of halogens is 1. The Balaban J connectivity index is 1.70. The number of H-pyrrole nitrogens is 1. The van der Waals surface area contributed by atoms with Gasteiger partial charge in [0.2, 0.25) is 0 Å². The van der Waals surface area contributed by atoms with Crippen molar-refractivity contribution >= 4 is 16.9 Å². The standard InChI is InChI=1S/C19H16FN5O/c1-26-15-4-2-3-13(16(15)20)18-24-14-7-10-22-19(17(14)25-18)23-11-12-5-8-21-9-6-12/h2-10H,11H2,1H3,(H,22,23)(H,24,25). The molecule has 0 aliphatic heterocycles. The van der Waals surface area contributed by atoms with Crippen LogP contribution in [0.15, 0.2) is 55.0 Å². The normalized spacial score (nSPS) is 10.8. The number of nitrogens with one attached hydrogen (secondary N) is 2. The Morgan fingerprint density at radius 2 is 1.96 bits per heavy atom. The summed E-state index contributed by atoms with van der Waals surface area (Å²) >= 11 is 0. The molecular weight excluding hydrogens is 333 g/mol. The summed E-state index contributed by atoms with van der Waals surface area (Å²) in [5.41, 5.74) is 2.85. The summed E-state index contributed by atoms with van der Waals surface area (Å²) in [5, 5.41) is 3.28. The van der Waals surface area contributed by atoms with E-state index >= 15 is 0 Å². The quantitative estimate of drug-likeness (QED) is 0.573. The second-order valence-corrected chi connectivity index (χ2v) is 5.67. The number of rotatable bonds is 5. The summed E-state index contributed by atoms with van der Waals surface area (Å²) in [4.78, 5) is 16.0. The van der Waals surface area contributed by atoms with Crippen molar-refractivity contribution in [3.05, 3.63) is 66.4 Å². The molecule has 7 heteroatoms. The molecule has 0 saturated carbocycles. The molecule has 6 nitrogen and oxygen atoms in total. The van der Waals surface area contributed by atoms with Gasteiger partial charge in [0.05, 0.1) is 18.2 Å². The minimum atomic E-state index is -0.451. The maximum absolute atomic E-state index is 14.5. The lowest BCUT2D eigenvalue weighted by Gasteiger charge is -2.06. The van der Waals surface area contributed by atoms with Gasteiger partial charge in [0.1, 0.15) is 11.3 Å². The molecule has 0 aliphatic rings. The van der Waals surface area contributed by atoms with Crippen LogP contribution in [0.3, 0.4) is 0 Å². The van der Waals surface area contributed by atoms with Crippen LogP contribution >= 0.6 is 0 Å². The minimum Gasteiger partial charge on any atom is -0.494 e. The van der Waals surface area contributed by atoms with Gasteiger partial charge in [-0.3, -0.25) is 4.98 Å². The Bertz CT molecular complexity index is 1050. The van der Waals surface area contributed by atoms with Crippen LogP contribution in [0, 0.1) is 5.82 Å². The first-order chi connectivity index (χ1) is 12.8. The van der Waals surface area contributed by atoms with Crippen molar-refractivity contribution in [2.75, 3.05) is 12.4 Å². The van der Waals surface area contributed by atoms with Crippen molar-refractivity contribution in [2.45, 2.75) is 6.54 Å². The molecule has 1 aromatic carbocycles. The molecule has 0 atom stereocenters. The van der Waals surface area contributed by atoms with Gasteiger partial charge in [0.25, 0.3) is 0 Å². The highest BCUT2D eigenvalue weighted by atomic mass is 19.1. The van der Waals surface area contributed by atoms with Gasteiger partial charge in [0.15, 0.2) is 17.4 Å². The number of aromatic amines is 1. The number of imidazole rings is 1. The molecule has 2 N–H and O–H groups in total. The van der Waals surface area contributed by atoms with E-state index in [0.717, 1.165) is 11.1 Å². The zero-order valence-corrected chi connectivity index (χ0v) is 14.0. The summed E-state index contributed by atoms with van der Waals surface area (Å²) in [6.45, 7) is 0.594. The lowest BCUT2D eigenvalue weighted by molar-refractivity contribution is 0.387. The topological polar surface area (TPSA) is 75.7 Å². The molecular formula is C19H16FN5O. The van der Waals surface area contributed by atoms with Crippen LogP contribution in [-0.2, 0) is 6.54 Å². The van der Waals surface area contributed by atoms with Crippen LogP contribution in [0.1, 0.15) is 5.56 Å². The molecule has 3 heterocycles. The molecule has 0 aliphatic carbocycles. The van der Waals surface area contributed by atoms with E-state index in [9.17, 15) is 4.39 Å². The zero-order chi connectivity index (χ0) is 17.9. The third kappa shape index (κ3) is 2.95. The summed E-state index contributed by atoms with van der Waals surface area (Å²) in [5.74, 6) is 0.808. The Hall–Kier alpha value is -3.48. The van der Waals surface area contributed by atoms with Gasteiger partial charge in [-0.15, -0.1) is 0 Å². The van der Waals surface area contributed by atoms with E-state index in [1.165, 1.54) is 7.11 Å². The molecule has 0 bridgehead atoms. The molecule has 0 spiro atoms. The van der Waals surface area contributed by atoms with Crippen molar-refractivity contribution in [1.82, 2.24) is 19.9 Å². The maximum atomic E-state index is 14.5. The Labute approximate surface area is 149 Å². The van der Waals surface area contributed by atoms with E-state index in [0.29, 0.717) is 29.3 Å². The number of benzene rings is 1. The van der Waals surface area contributed by atoms with Crippen molar-refractivity contribution < 1.29 is 9.13 Å². The highest BCUT2D eigenvalue weighted by Crippen LogP contribution is 2.30. The van der Waals surface area contributed by atoms with Crippen molar-refractivity contribution in [3.63, 3.8) is 0 Å². The van der Waals surface area contributed by atoms with Crippen molar-refractivity contribution in [2.24, 2.45) is 0 Å². The number of fused-ring (bicyclic) bond motifs is 1. The fourth-order valence-electron chi connectivity index (χ4n) is 2.73. The third-order valence-electron chi connectivity index (χ3n) is 4.05. The smallest absolute Gasteiger partial charge is 0.175 e. The second-order valence-electron chi connectivity index (χ2n) is 5.67. The average Bonchev–Trinajstić information content (AvgIpc) is 3.12. The van der Waals surface area contributed by atoms with E-state index in [4.69, 9.17) is 4.74 Å². The lowest BCUT2D eigenvalue weighted by Crippen LogP contribution is -2.01. The van der Waals surface area contributed by atoms with Gasteiger partial charge >= 0.3 is 0 Å². The summed E-state index contributed by atoms with van der Waals surface area (Å²) in [7, 11) is 1.44. The molecule has 0 radical (unpaired) electrons. The number of aromatic nitrogens is 4.